The van der Waals surface area contributed by atoms with Crippen molar-refractivity contribution < 1.29 is 17.6 Å². The van der Waals surface area contributed by atoms with Gasteiger partial charge in [-0.1, -0.05) is 35.9 Å². The van der Waals surface area contributed by atoms with Gasteiger partial charge in [0, 0.05) is 31.9 Å². The number of amides is 1. The lowest BCUT2D eigenvalue weighted by atomic mass is 10.1. The zero-order valence-electron chi connectivity index (χ0n) is 17.4. The van der Waals surface area contributed by atoms with Gasteiger partial charge in [0.05, 0.1) is 0 Å². The fraction of sp³-hybridized carbons (Fsp3) is 0.217. The summed E-state index contributed by atoms with van der Waals surface area (Å²) in [5.74, 6) is -1.28. The molecule has 9 heteroatoms. The molecule has 0 unspecified atom stereocenters. The summed E-state index contributed by atoms with van der Waals surface area (Å²) in [6, 6.07) is 16.0. The Bertz CT molecular complexity index is 1330. The van der Waals surface area contributed by atoms with E-state index in [0.717, 1.165) is 21.5 Å². The number of pyridine rings is 1. The van der Waals surface area contributed by atoms with Crippen molar-refractivity contribution >= 4 is 15.9 Å². The second-order valence-corrected chi connectivity index (χ2v) is 9.52. The van der Waals surface area contributed by atoms with Gasteiger partial charge in [0.15, 0.2) is 0 Å². The summed E-state index contributed by atoms with van der Waals surface area (Å²) >= 11 is 0. The number of piperazine rings is 1. The van der Waals surface area contributed by atoms with E-state index >= 15 is 0 Å². The lowest BCUT2D eigenvalue weighted by Crippen LogP contribution is -2.51. The SMILES string of the molecule is Cc1cccc(-c2ccc(C(=O)N3CCN(S(=O)(=O)c4ccccc4F)CC3)c(=O)[nH]2)c1. The van der Waals surface area contributed by atoms with E-state index in [1.807, 2.05) is 31.2 Å². The largest absolute Gasteiger partial charge is 0.336 e. The molecular formula is C23H22FN3O4S. The summed E-state index contributed by atoms with van der Waals surface area (Å²) in [6.07, 6.45) is 0. The van der Waals surface area contributed by atoms with Gasteiger partial charge in [-0.25, -0.2) is 12.8 Å². The highest BCUT2D eigenvalue weighted by molar-refractivity contribution is 7.89. The number of nitrogens with zero attached hydrogens (tertiary/aromatic N) is 2. The van der Waals surface area contributed by atoms with Crippen LogP contribution in [0.15, 0.2) is 70.4 Å². The van der Waals surface area contributed by atoms with Gasteiger partial charge in [-0.05, 0) is 42.8 Å². The van der Waals surface area contributed by atoms with Crippen LogP contribution in [0.2, 0.25) is 0 Å². The first-order valence-electron chi connectivity index (χ1n) is 10.1. The molecule has 7 nitrogen and oxygen atoms in total. The maximum atomic E-state index is 14.0. The minimum atomic E-state index is -4.00. The predicted molar refractivity (Wildman–Crippen MR) is 118 cm³/mol. The second-order valence-electron chi connectivity index (χ2n) is 7.61. The van der Waals surface area contributed by atoms with Gasteiger partial charge < -0.3 is 9.88 Å². The molecule has 0 saturated carbocycles. The Kier molecular flexibility index (Phi) is 5.94. The van der Waals surface area contributed by atoms with Crippen LogP contribution in [0.1, 0.15) is 15.9 Å². The summed E-state index contributed by atoms with van der Waals surface area (Å²) in [7, 11) is -4.00. The van der Waals surface area contributed by atoms with Crippen LogP contribution in [0.4, 0.5) is 4.39 Å². The number of carbonyl (C=O) groups excluding carboxylic acids is 1. The molecule has 1 N–H and O–H groups in total. The zero-order valence-corrected chi connectivity index (χ0v) is 18.2. The van der Waals surface area contributed by atoms with E-state index in [-0.39, 0.29) is 36.6 Å². The molecule has 4 rings (SSSR count). The van der Waals surface area contributed by atoms with Crippen molar-refractivity contribution in [1.82, 2.24) is 14.2 Å². The average molecular weight is 456 g/mol. The van der Waals surface area contributed by atoms with Crippen molar-refractivity contribution in [2.45, 2.75) is 11.8 Å². The van der Waals surface area contributed by atoms with Crippen molar-refractivity contribution in [3.63, 3.8) is 0 Å². The number of benzene rings is 2. The fourth-order valence-corrected chi connectivity index (χ4v) is 5.21. The van der Waals surface area contributed by atoms with Crippen molar-refractivity contribution in [2.75, 3.05) is 26.2 Å². The van der Waals surface area contributed by atoms with E-state index in [1.54, 1.807) is 6.07 Å². The van der Waals surface area contributed by atoms with Gasteiger partial charge in [0.1, 0.15) is 16.3 Å². The Balaban J connectivity index is 1.48. The summed E-state index contributed by atoms with van der Waals surface area (Å²) in [5, 5.41) is 0. The van der Waals surface area contributed by atoms with Crippen LogP contribution in [-0.2, 0) is 10.0 Å². The minimum absolute atomic E-state index is 0.00758. The third-order valence-corrected chi connectivity index (χ3v) is 7.38. The van der Waals surface area contributed by atoms with Crippen LogP contribution in [0.5, 0.6) is 0 Å². The zero-order chi connectivity index (χ0) is 22.9. The van der Waals surface area contributed by atoms with Crippen LogP contribution in [0.3, 0.4) is 0 Å². The molecule has 1 amide bonds. The highest BCUT2D eigenvalue weighted by Crippen LogP contribution is 2.21. The number of H-pyrrole nitrogens is 1. The molecule has 32 heavy (non-hydrogen) atoms. The molecule has 0 spiro atoms. The molecule has 0 aliphatic carbocycles. The third kappa shape index (κ3) is 4.21. The maximum Gasteiger partial charge on any atom is 0.261 e. The summed E-state index contributed by atoms with van der Waals surface area (Å²) in [5.41, 5.74) is 1.98. The summed E-state index contributed by atoms with van der Waals surface area (Å²) in [6.45, 7) is 2.19. The smallest absolute Gasteiger partial charge is 0.261 e. The standard InChI is InChI=1S/C23H22FN3O4S/c1-16-5-4-6-17(15-16)20-10-9-18(22(28)25-20)23(29)26-11-13-27(14-12-26)32(30,31)21-8-3-2-7-19(21)24/h2-10,15H,11-14H2,1H3,(H,25,28). The van der Waals surface area contributed by atoms with Crippen molar-refractivity contribution in [3.8, 4) is 11.3 Å². The lowest BCUT2D eigenvalue weighted by Gasteiger charge is -2.34. The van der Waals surface area contributed by atoms with Gasteiger partial charge in [-0.15, -0.1) is 0 Å². The van der Waals surface area contributed by atoms with Gasteiger partial charge in [-0.2, -0.15) is 4.31 Å². The minimum Gasteiger partial charge on any atom is -0.336 e. The molecule has 1 fully saturated rings. The van der Waals surface area contributed by atoms with Crippen LogP contribution in [0.25, 0.3) is 11.3 Å². The number of nitrogens with one attached hydrogen (secondary N) is 1. The number of aromatic nitrogens is 1. The van der Waals surface area contributed by atoms with E-state index in [1.165, 1.54) is 29.2 Å². The fourth-order valence-electron chi connectivity index (χ4n) is 3.72. The Morgan fingerprint density at radius 3 is 2.34 bits per heavy atom. The van der Waals surface area contributed by atoms with Crippen LogP contribution >= 0.6 is 0 Å². The number of aromatic amines is 1. The Labute approximate surface area is 185 Å². The van der Waals surface area contributed by atoms with E-state index in [2.05, 4.69) is 4.98 Å². The Hall–Kier alpha value is -3.30. The highest BCUT2D eigenvalue weighted by atomic mass is 32.2. The first kappa shape index (κ1) is 21.9. The van der Waals surface area contributed by atoms with Gasteiger partial charge in [0.25, 0.3) is 11.5 Å². The molecule has 0 atom stereocenters. The average Bonchev–Trinajstić information content (AvgIpc) is 2.79. The number of sulfonamides is 1. The van der Waals surface area contributed by atoms with E-state index < -0.39 is 27.3 Å². The molecule has 1 aromatic heterocycles. The quantitative estimate of drug-likeness (QED) is 0.655. The topological polar surface area (TPSA) is 90.6 Å². The van der Waals surface area contributed by atoms with Crippen molar-refractivity contribution in [3.05, 3.63) is 88.0 Å². The predicted octanol–water partition coefficient (Wildman–Crippen LogP) is 2.64. The first-order chi connectivity index (χ1) is 15.3. The van der Waals surface area contributed by atoms with Gasteiger partial charge in [-0.3, -0.25) is 9.59 Å². The molecule has 1 saturated heterocycles. The number of hydrogen-bond acceptors (Lipinski definition) is 4. The van der Waals surface area contributed by atoms with E-state index in [4.69, 9.17) is 0 Å². The molecule has 1 aliphatic heterocycles. The van der Waals surface area contributed by atoms with Crippen LogP contribution in [0, 0.1) is 12.7 Å². The molecule has 3 aromatic rings. The lowest BCUT2D eigenvalue weighted by molar-refractivity contribution is 0.0696. The molecular weight excluding hydrogens is 433 g/mol. The first-order valence-corrected chi connectivity index (χ1v) is 11.6. The molecule has 2 aromatic carbocycles. The summed E-state index contributed by atoms with van der Waals surface area (Å²) < 4.78 is 40.6. The number of carbonyl (C=O) groups is 1. The molecule has 0 radical (unpaired) electrons. The molecule has 0 bridgehead atoms. The van der Waals surface area contributed by atoms with Crippen molar-refractivity contribution in [2.24, 2.45) is 0 Å². The number of halogens is 1. The van der Waals surface area contributed by atoms with Crippen molar-refractivity contribution in [1.29, 1.82) is 0 Å². The van der Waals surface area contributed by atoms with Gasteiger partial charge >= 0.3 is 0 Å². The maximum absolute atomic E-state index is 14.0. The number of hydrogen-bond donors (Lipinski definition) is 1. The molecule has 166 valence electrons. The normalized spacial score (nSPS) is 15.0. The van der Waals surface area contributed by atoms with Crippen LogP contribution in [-0.4, -0.2) is 54.7 Å². The third-order valence-electron chi connectivity index (χ3n) is 5.45. The molecule has 1 aliphatic rings. The summed E-state index contributed by atoms with van der Waals surface area (Å²) in [4.78, 5) is 29.3. The Morgan fingerprint density at radius 1 is 0.969 bits per heavy atom. The van der Waals surface area contributed by atoms with Gasteiger partial charge in [0.2, 0.25) is 10.0 Å². The van der Waals surface area contributed by atoms with E-state index in [0.29, 0.717) is 5.69 Å². The number of rotatable bonds is 4. The highest BCUT2D eigenvalue weighted by Gasteiger charge is 2.32. The van der Waals surface area contributed by atoms with E-state index in [9.17, 15) is 22.4 Å². The second kappa shape index (κ2) is 8.68. The van der Waals surface area contributed by atoms with Crippen LogP contribution < -0.4 is 5.56 Å². The monoisotopic (exact) mass is 455 g/mol. The number of aryl methyl sites for hydroxylation is 1. The Morgan fingerprint density at radius 2 is 1.69 bits per heavy atom. The molecule has 2 heterocycles.